The highest BCUT2D eigenvalue weighted by atomic mass is 16.4. The van der Waals surface area contributed by atoms with Crippen LogP contribution in [0.4, 0.5) is 0 Å². The van der Waals surface area contributed by atoms with Crippen molar-refractivity contribution in [3.63, 3.8) is 0 Å². The van der Waals surface area contributed by atoms with Crippen LogP contribution in [0.15, 0.2) is 60.7 Å². The van der Waals surface area contributed by atoms with E-state index in [4.69, 9.17) is 34.4 Å². The molecule has 0 aliphatic heterocycles. The van der Waals surface area contributed by atoms with E-state index in [0.717, 1.165) is 0 Å². The first kappa shape index (κ1) is 84.9. The van der Waals surface area contributed by atoms with Crippen LogP contribution >= 0.6 is 0 Å². The van der Waals surface area contributed by atoms with E-state index in [2.05, 4.69) is 58.5 Å². The Labute approximate surface area is 570 Å². The number of unbranched alkanes of at least 4 members (excludes halogenated alkanes) is 5. The summed E-state index contributed by atoms with van der Waals surface area (Å²) in [5.74, 6) is -9.87. The molecule has 30 nitrogen and oxygen atoms in total. The molecule has 30 heteroatoms. The van der Waals surface area contributed by atoms with E-state index in [1.54, 1.807) is 67.6 Å². The molecule has 0 aliphatic rings. The van der Waals surface area contributed by atoms with Crippen molar-refractivity contribution >= 4 is 70.9 Å². The highest BCUT2D eigenvalue weighted by molar-refractivity contribution is 5.99. The Bertz CT molecular complexity index is 2750. The first-order valence-corrected chi connectivity index (χ1v) is 34.2. The highest BCUT2D eigenvalue weighted by Crippen LogP contribution is 2.15. The number of benzene rings is 2. The normalized spacial score (nSPS) is 14.6. The number of carbonyl (C=O) groups excluding carboxylic acids is 11. The summed E-state index contributed by atoms with van der Waals surface area (Å²) in [4.78, 5) is 165. The SMILES string of the molecule is CC[C@H](C)[C@H](NC(=O)CN)C(=O)NCC(=O)N[C@@H](CCCCN)C(=O)N[C@@H](Cc1ccccc1)C(=O)N[C@@H](CC(C)C)C(=O)N[C@@H](CCCCN)C(=O)N[C@@H](CCCCN)C(=O)N[C@@H](C)C(=O)N[C@@H](CCCCN)C(=O)N[C@@H](CCCCN)C(=O)N[C@@H](Cc1ccccc1)C(=O)O. The summed E-state index contributed by atoms with van der Waals surface area (Å²) < 4.78 is 0. The lowest BCUT2D eigenvalue weighted by Crippen LogP contribution is -2.60. The fourth-order valence-corrected chi connectivity index (χ4v) is 10.4. The summed E-state index contributed by atoms with van der Waals surface area (Å²) in [6.45, 7) is 9.03. The molecule has 0 fully saturated rings. The molecule has 0 unspecified atom stereocenters. The van der Waals surface area contributed by atoms with Crippen molar-refractivity contribution in [2.75, 3.05) is 45.8 Å². The summed E-state index contributed by atoms with van der Waals surface area (Å²) in [6.07, 6.45) is 5.05. The number of hydrogen-bond donors (Lipinski definition) is 18. The van der Waals surface area contributed by atoms with Crippen molar-refractivity contribution < 1.29 is 62.6 Å². The number of nitrogens with one attached hydrogen (secondary N) is 11. The minimum absolute atomic E-state index is 0.0288. The lowest BCUT2D eigenvalue weighted by molar-refractivity contribution is -0.142. The van der Waals surface area contributed by atoms with Gasteiger partial charge in [-0.25, -0.2) is 4.79 Å². The zero-order chi connectivity index (χ0) is 72.2. The number of hydrogen-bond acceptors (Lipinski definition) is 18. The molecule has 11 atom stereocenters. The van der Waals surface area contributed by atoms with Gasteiger partial charge in [-0.05, 0) is 165 Å². The Balaban J connectivity index is 2.43. The molecule has 24 N–H and O–H groups in total. The monoisotopic (exact) mass is 1360 g/mol. The van der Waals surface area contributed by atoms with Gasteiger partial charge in [-0.1, -0.05) is 94.8 Å². The van der Waals surface area contributed by atoms with E-state index in [-0.39, 0.29) is 95.9 Å². The molecule has 2 rings (SSSR count). The molecule has 97 heavy (non-hydrogen) atoms. The maximum atomic E-state index is 14.6. The second-order valence-electron chi connectivity index (χ2n) is 24.9. The topological polar surface area (TPSA) is 514 Å². The maximum absolute atomic E-state index is 14.6. The molecule has 0 saturated carbocycles. The number of carboxylic acids is 1. The van der Waals surface area contributed by atoms with Gasteiger partial charge in [0.15, 0.2) is 0 Å². The third-order valence-electron chi connectivity index (χ3n) is 16.2. The van der Waals surface area contributed by atoms with Crippen molar-refractivity contribution in [1.29, 1.82) is 0 Å². The Morgan fingerprint density at radius 3 is 1.07 bits per heavy atom. The molecule has 2 aromatic carbocycles. The molecule has 0 spiro atoms. The summed E-state index contributed by atoms with van der Waals surface area (Å²) in [6, 6.07) is 4.93. The van der Waals surface area contributed by atoms with Gasteiger partial charge in [0.1, 0.15) is 60.4 Å². The van der Waals surface area contributed by atoms with Gasteiger partial charge in [-0.3, -0.25) is 52.7 Å². The van der Waals surface area contributed by atoms with Crippen LogP contribution < -0.4 is 92.9 Å². The van der Waals surface area contributed by atoms with Crippen LogP contribution in [0.1, 0.15) is 155 Å². The molecule has 0 saturated heterocycles. The van der Waals surface area contributed by atoms with E-state index < -0.39 is 138 Å². The maximum Gasteiger partial charge on any atom is 0.326 e. The Morgan fingerprint density at radius 1 is 0.371 bits per heavy atom. The molecule has 0 bridgehead atoms. The highest BCUT2D eigenvalue weighted by Gasteiger charge is 2.36. The van der Waals surface area contributed by atoms with Gasteiger partial charge in [0.25, 0.3) is 0 Å². The van der Waals surface area contributed by atoms with E-state index in [1.165, 1.54) is 6.92 Å². The lowest BCUT2D eigenvalue weighted by Gasteiger charge is -2.28. The van der Waals surface area contributed by atoms with Crippen LogP contribution in [-0.4, -0.2) is 182 Å². The van der Waals surface area contributed by atoms with E-state index in [0.29, 0.717) is 88.3 Å². The molecule has 0 aromatic heterocycles. The van der Waals surface area contributed by atoms with E-state index >= 15 is 0 Å². The predicted molar refractivity (Wildman–Crippen MR) is 368 cm³/mol. The van der Waals surface area contributed by atoms with Gasteiger partial charge in [-0.15, -0.1) is 0 Å². The molecular formula is C67H113N17O13. The van der Waals surface area contributed by atoms with Gasteiger partial charge in [0, 0.05) is 12.8 Å². The fourth-order valence-electron chi connectivity index (χ4n) is 10.4. The quantitative estimate of drug-likeness (QED) is 0.0326. The molecule has 0 radical (unpaired) electrons. The third-order valence-corrected chi connectivity index (χ3v) is 16.2. The molecule has 544 valence electrons. The summed E-state index contributed by atoms with van der Waals surface area (Å²) in [7, 11) is 0. The first-order chi connectivity index (χ1) is 46.4. The number of carbonyl (C=O) groups is 12. The van der Waals surface area contributed by atoms with Gasteiger partial charge in [-0.2, -0.15) is 0 Å². The number of nitrogens with two attached hydrogens (primary N) is 6. The second kappa shape index (κ2) is 48.5. The van der Waals surface area contributed by atoms with Gasteiger partial charge >= 0.3 is 5.97 Å². The average molecular weight is 1360 g/mol. The molecule has 11 amide bonds. The molecule has 0 aliphatic carbocycles. The van der Waals surface area contributed by atoms with Crippen LogP contribution in [0, 0.1) is 11.8 Å². The van der Waals surface area contributed by atoms with Crippen molar-refractivity contribution in [1.82, 2.24) is 58.5 Å². The smallest absolute Gasteiger partial charge is 0.326 e. The van der Waals surface area contributed by atoms with Crippen molar-refractivity contribution in [3.8, 4) is 0 Å². The first-order valence-electron chi connectivity index (χ1n) is 34.2. The van der Waals surface area contributed by atoms with Gasteiger partial charge < -0.3 is 98.0 Å². The van der Waals surface area contributed by atoms with Crippen LogP contribution in [-0.2, 0) is 70.4 Å². The zero-order valence-corrected chi connectivity index (χ0v) is 57.4. The number of aliphatic carboxylic acids is 1. The Morgan fingerprint density at radius 2 is 0.701 bits per heavy atom. The summed E-state index contributed by atoms with van der Waals surface area (Å²) in [5.41, 5.74) is 35.8. The largest absolute Gasteiger partial charge is 0.480 e. The fraction of sp³-hybridized carbons (Fsp3) is 0.642. The average Bonchev–Trinajstić information content (AvgIpc) is 1.21. The minimum atomic E-state index is -1.33. The van der Waals surface area contributed by atoms with Crippen LogP contribution in [0.5, 0.6) is 0 Å². The van der Waals surface area contributed by atoms with E-state index in [9.17, 15) is 62.6 Å². The molecule has 2 aromatic rings. The standard InChI is InChI=1S/C67H113N17O13/c1-6-43(4)57(84-55(85)40-73)66(95)74-41-56(86)76-47(27-13-18-32-68)60(89)82-53(38-45-23-9-7-10-24-45)65(94)81-52(37-42(2)3)64(93)80-50(30-16-21-35-71)62(91)78-48(28-14-19-33-69)59(88)75-44(5)58(87)77-49(29-15-20-34-70)61(90)79-51(31-17-22-36-72)63(92)83-54(67(96)97)39-46-25-11-8-12-26-46/h7-12,23-26,42-44,47-54,57H,6,13-22,27-41,68-73H2,1-5H3,(H,74,95)(H,75,88)(H,76,86)(H,77,87)(H,78,91)(H,79,90)(H,80,93)(H,81,94)(H,82,89)(H,83,92)(H,84,85)(H,96,97)/t43-,44-,47-,48-,49-,50-,51-,52-,53-,54-,57-/m0/s1. The summed E-state index contributed by atoms with van der Waals surface area (Å²) >= 11 is 0. The second-order valence-corrected chi connectivity index (χ2v) is 24.9. The number of carboxylic acid groups (broad SMARTS) is 1. The number of rotatable bonds is 51. The molecular weight excluding hydrogens is 1250 g/mol. The minimum Gasteiger partial charge on any atom is -0.480 e. The van der Waals surface area contributed by atoms with Crippen molar-refractivity contribution in [2.45, 2.75) is 217 Å². The van der Waals surface area contributed by atoms with Gasteiger partial charge in [0.2, 0.25) is 65.0 Å². The van der Waals surface area contributed by atoms with E-state index in [1.807, 2.05) is 20.8 Å². The molecule has 0 heterocycles. The Kier molecular flexibility index (Phi) is 42.5. The third kappa shape index (κ3) is 34.1. The van der Waals surface area contributed by atoms with Crippen LogP contribution in [0.3, 0.4) is 0 Å². The Hall–Kier alpha value is -8.16. The zero-order valence-electron chi connectivity index (χ0n) is 57.4. The van der Waals surface area contributed by atoms with Crippen molar-refractivity contribution in [2.24, 2.45) is 46.2 Å². The summed E-state index contributed by atoms with van der Waals surface area (Å²) in [5, 5.41) is 39.5. The van der Waals surface area contributed by atoms with Crippen molar-refractivity contribution in [3.05, 3.63) is 71.8 Å². The predicted octanol–water partition coefficient (Wildman–Crippen LogP) is -1.76. The lowest BCUT2D eigenvalue weighted by atomic mass is 9.98. The van der Waals surface area contributed by atoms with Crippen LogP contribution in [0.25, 0.3) is 0 Å². The number of amides is 11. The van der Waals surface area contributed by atoms with Crippen LogP contribution in [0.2, 0.25) is 0 Å². The van der Waals surface area contributed by atoms with Gasteiger partial charge in [0.05, 0.1) is 13.1 Å².